The summed E-state index contributed by atoms with van der Waals surface area (Å²) in [5, 5.41) is 34.4. The Morgan fingerprint density at radius 2 is 1.58 bits per heavy atom. The van der Waals surface area contributed by atoms with E-state index < -0.39 is 71.4 Å². The second kappa shape index (κ2) is 14.8. The summed E-state index contributed by atoms with van der Waals surface area (Å²) in [6.07, 6.45) is -6.90. The maximum atomic E-state index is 14.0. The number of halogens is 6. The Morgan fingerprint density at radius 1 is 0.925 bits per heavy atom. The van der Waals surface area contributed by atoms with Crippen molar-refractivity contribution in [2.75, 3.05) is 11.5 Å². The summed E-state index contributed by atoms with van der Waals surface area (Å²) >= 11 is 0. The zero-order valence-electron chi connectivity index (χ0n) is 28.5. The van der Waals surface area contributed by atoms with E-state index in [1.54, 1.807) is 42.6 Å². The molecule has 0 radical (unpaired) electrons. The lowest BCUT2D eigenvalue weighted by molar-refractivity contribution is -0.143. The molecule has 1 aliphatic carbocycles. The van der Waals surface area contributed by atoms with Crippen molar-refractivity contribution < 1.29 is 51.3 Å². The minimum Gasteiger partial charge on any atom is -0.507 e. The lowest BCUT2D eigenvalue weighted by Gasteiger charge is -2.36. The highest BCUT2D eigenvalue weighted by Gasteiger charge is 2.55. The first-order chi connectivity index (χ1) is 25.1. The van der Waals surface area contributed by atoms with Crippen LogP contribution in [0, 0.1) is 17.8 Å². The highest BCUT2D eigenvalue weighted by molar-refractivity contribution is 6.22. The van der Waals surface area contributed by atoms with Crippen molar-refractivity contribution in [3.63, 3.8) is 0 Å². The first-order valence-electron chi connectivity index (χ1n) is 17.1. The number of aliphatic hydroxyl groups is 2. The lowest BCUT2D eigenvalue weighted by atomic mass is 9.67. The van der Waals surface area contributed by atoms with Crippen LogP contribution in [0.4, 0.5) is 32.0 Å². The zero-order chi connectivity index (χ0) is 38.2. The summed E-state index contributed by atoms with van der Waals surface area (Å²) in [6, 6.07) is 16.6. The number of alkyl halides is 6. The zero-order valence-corrected chi connectivity index (χ0v) is 28.5. The molecule has 0 spiro atoms. The molecule has 1 fully saturated rings. The van der Waals surface area contributed by atoms with Gasteiger partial charge in [0.05, 0.1) is 47.1 Å². The van der Waals surface area contributed by atoms with Crippen molar-refractivity contribution in [1.82, 2.24) is 4.98 Å². The summed E-state index contributed by atoms with van der Waals surface area (Å²) in [7, 11) is 0. The molecule has 0 saturated carbocycles. The molecule has 2 heterocycles. The number of phenolic OH excluding ortho intramolecular Hbond substituents is 1. The number of aromatic hydroxyl groups is 1. The molecular weight excluding hydrogens is 702 g/mol. The fraction of sp³-hybridized carbons (Fsp3) is 0.325. The second-order valence-corrected chi connectivity index (χ2v) is 13.4. The molecule has 13 heteroatoms. The maximum absolute atomic E-state index is 14.0. The molecule has 3 N–H and O–H groups in total. The number of carbonyl (C=O) groups excluding carboxylic acids is 2. The standard InChI is InChI=1S/C40H36F6N2O5/c1-2-7-24-17-30-36(38(53)48(37(30)52)27-19-25(39(41,42)43)18-26(20-27)40(44,45)46)31(21-49)35(24)34(51)14-12-23(32-10-5-6-15-47-32)16-22-11-13-33(50)29-9-4-3-8-28(22)29/h3-6,8-11,13,15-16,18-20,30-31,34,36,49-51H,2,7,12,14,17,21H2,1H3/b23-16-/t30-,31+,34-,36-/m1/s1. The topological polar surface area (TPSA) is 111 Å². The van der Waals surface area contributed by atoms with Crippen LogP contribution in [0.3, 0.4) is 0 Å². The number of nitrogens with zero attached hydrogens (tertiary/aromatic N) is 2. The van der Waals surface area contributed by atoms with E-state index in [1.165, 1.54) is 0 Å². The number of pyridine rings is 1. The number of rotatable bonds is 10. The third kappa shape index (κ3) is 7.45. The van der Waals surface area contributed by atoms with Crippen LogP contribution in [0.5, 0.6) is 5.75 Å². The number of aromatic nitrogens is 1. The second-order valence-electron chi connectivity index (χ2n) is 13.4. The molecule has 1 saturated heterocycles. The molecule has 2 aliphatic rings. The molecule has 3 aromatic carbocycles. The Bertz CT molecular complexity index is 2060. The van der Waals surface area contributed by atoms with Gasteiger partial charge in [0.2, 0.25) is 11.8 Å². The van der Waals surface area contributed by atoms with Gasteiger partial charge in [-0.1, -0.05) is 55.3 Å². The molecule has 1 aromatic heterocycles. The number of hydrogen-bond acceptors (Lipinski definition) is 6. The van der Waals surface area contributed by atoms with E-state index in [1.807, 2.05) is 31.2 Å². The Balaban J connectivity index is 1.34. The first-order valence-corrected chi connectivity index (χ1v) is 17.1. The highest BCUT2D eigenvalue weighted by atomic mass is 19.4. The van der Waals surface area contributed by atoms with Gasteiger partial charge in [0.15, 0.2) is 0 Å². The SMILES string of the molecule is CCCC1=C([C@H](O)CC/C(=C/c2ccc(O)c3ccccc23)c2ccccn2)[C@H](CO)[C@@H]2C(=O)N(c3cc(C(F)(F)F)cc(C(F)(F)F)c3)C(=O)[C@@H]2C1. The Hall–Kier alpha value is -5.01. The molecule has 278 valence electrons. The minimum absolute atomic E-state index is 0.0595. The van der Waals surface area contributed by atoms with Crippen LogP contribution in [0.2, 0.25) is 0 Å². The number of anilines is 1. The average Bonchev–Trinajstić information content (AvgIpc) is 3.38. The number of imide groups is 1. The maximum Gasteiger partial charge on any atom is 0.416 e. The molecule has 6 rings (SSSR count). The van der Waals surface area contributed by atoms with Gasteiger partial charge in [0.1, 0.15) is 5.75 Å². The van der Waals surface area contributed by atoms with Gasteiger partial charge in [0, 0.05) is 17.5 Å². The van der Waals surface area contributed by atoms with Crippen LogP contribution in [-0.4, -0.2) is 44.8 Å². The Kier molecular flexibility index (Phi) is 10.5. The van der Waals surface area contributed by atoms with Gasteiger partial charge in [-0.3, -0.25) is 14.6 Å². The van der Waals surface area contributed by atoms with Gasteiger partial charge >= 0.3 is 12.4 Å². The normalized spacial score (nSPS) is 20.4. The Labute approximate surface area is 300 Å². The minimum atomic E-state index is -5.20. The van der Waals surface area contributed by atoms with Crippen LogP contribution < -0.4 is 4.90 Å². The van der Waals surface area contributed by atoms with Crippen molar-refractivity contribution in [1.29, 1.82) is 0 Å². The predicted octanol–water partition coefficient (Wildman–Crippen LogP) is 8.57. The molecule has 0 unspecified atom stereocenters. The van der Waals surface area contributed by atoms with E-state index in [0.29, 0.717) is 52.1 Å². The fourth-order valence-corrected chi connectivity index (χ4v) is 7.71. The van der Waals surface area contributed by atoms with E-state index in [-0.39, 0.29) is 31.1 Å². The van der Waals surface area contributed by atoms with Crippen molar-refractivity contribution in [2.24, 2.45) is 17.8 Å². The monoisotopic (exact) mass is 738 g/mol. The van der Waals surface area contributed by atoms with Gasteiger partial charge in [-0.15, -0.1) is 0 Å². The van der Waals surface area contributed by atoms with Gasteiger partial charge in [-0.2, -0.15) is 26.3 Å². The van der Waals surface area contributed by atoms with E-state index in [0.717, 1.165) is 16.5 Å². The quantitative estimate of drug-likeness (QED) is 0.0855. The van der Waals surface area contributed by atoms with Crippen molar-refractivity contribution in [3.05, 3.63) is 113 Å². The summed E-state index contributed by atoms with van der Waals surface area (Å²) in [5.41, 5.74) is -1.12. The highest BCUT2D eigenvalue weighted by Crippen LogP contribution is 2.49. The largest absolute Gasteiger partial charge is 0.507 e. The van der Waals surface area contributed by atoms with E-state index >= 15 is 0 Å². The number of hydrogen-bond donors (Lipinski definition) is 3. The van der Waals surface area contributed by atoms with Gasteiger partial charge in [0.25, 0.3) is 0 Å². The predicted molar refractivity (Wildman–Crippen MR) is 186 cm³/mol. The molecule has 1 aliphatic heterocycles. The third-order valence-corrected chi connectivity index (χ3v) is 10.1. The molecule has 2 amide bonds. The molecule has 4 aromatic rings. The van der Waals surface area contributed by atoms with Gasteiger partial charge < -0.3 is 15.3 Å². The van der Waals surface area contributed by atoms with E-state index in [4.69, 9.17) is 0 Å². The number of aliphatic hydroxyl groups excluding tert-OH is 2. The van der Waals surface area contributed by atoms with Crippen LogP contribution in [0.15, 0.2) is 90.1 Å². The van der Waals surface area contributed by atoms with Crippen LogP contribution in [0.25, 0.3) is 22.4 Å². The summed E-state index contributed by atoms with van der Waals surface area (Å²) in [4.78, 5) is 32.6. The molecular formula is C40H36F6N2O5. The van der Waals surface area contributed by atoms with Crippen molar-refractivity contribution in [2.45, 2.75) is 57.5 Å². The number of fused-ring (bicyclic) bond motifs is 2. The van der Waals surface area contributed by atoms with Crippen LogP contribution in [-0.2, 0) is 21.9 Å². The lowest BCUT2D eigenvalue weighted by Crippen LogP contribution is -2.39. The molecule has 53 heavy (non-hydrogen) atoms. The van der Waals surface area contributed by atoms with Gasteiger partial charge in [-0.25, -0.2) is 4.90 Å². The van der Waals surface area contributed by atoms with E-state index in [2.05, 4.69) is 4.98 Å². The summed E-state index contributed by atoms with van der Waals surface area (Å²) < 4.78 is 82.3. The van der Waals surface area contributed by atoms with E-state index in [9.17, 15) is 51.3 Å². The number of amides is 2. The molecule has 0 bridgehead atoms. The molecule has 4 atom stereocenters. The van der Waals surface area contributed by atoms with Gasteiger partial charge in [-0.05, 0) is 90.3 Å². The smallest absolute Gasteiger partial charge is 0.416 e. The molecule has 7 nitrogen and oxygen atoms in total. The first kappa shape index (κ1) is 37.7. The Morgan fingerprint density at radius 3 is 2.19 bits per heavy atom. The number of benzene rings is 3. The number of allylic oxidation sites excluding steroid dienone is 2. The number of phenols is 1. The fourth-order valence-electron chi connectivity index (χ4n) is 7.71. The van der Waals surface area contributed by atoms with Crippen molar-refractivity contribution >= 4 is 39.9 Å². The third-order valence-electron chi connectivity index (χ3n) is 10.1. The van der Waals surface area contributed by atoms with Crippen molar-refractivity contribution in [3.8, 4) is 5.75 Å². The summed E-state index contributed by atoms with van der Waals surface area (Å²) in [5.74, 6) is -5.50. The van der Waals surface area contributed by atoms with Crippen LogP contribution in [0.1, 0.15) is 61.4 Å². The summed E-state index contributed by atoms with van der Waals surface area (Å²) in [6.45, 7) is 1.16. The average molecular weight is 739 g/mol. The van der Waals surface area contributed by atoms with Crippen LogP contribution >= 0.6 is 0 Å². The number of carbonyl (C=O) groups is 2.